The molecule has 0 saturated carbocycles. The second-order valence-electron chi connectivity index (χ2n) is 4.31. The Morgan fingerprint density at radius 2 is 2.10 bits per heavy atom. The van der Waals surface area contributed by atoms with E-state index >= 15 is 0 Å². The van der Waals surface area contributed by atoms with Crippen molar-refractivity contribution in [2.45, 2.75) is 33.1 Å². The van der Waals surface area contributed by atoms with Crippen LogP contribution in [0.25, 0.3) is 0 Å². The van der Waals surface area contributed by atoms with Gasteiger partial charge in [-0.3, -0.25) is 10.1 Å². The number of rotatable bonds is 11. The van der Waals surface area contributed by atoms with Crippen molar-refractivity contribution in [1.29, 1.82) is 0 Å². The third-order valence-corrected chi connectivity index (χ3v) is 2.67. The maximum Gasteiger partial charge on any atom is 0.372 e. The number of anilines is 1. The number of hydrogen-bond donors (Lipinski definition) is 1. The molecule has 1 aromatic heterocycles. The summed E-state index contributed by atoms with van der Waals surface area (Å²) >= 11 is 0. The highest BCUT2D eigenvalue weighted by atomic mass is 16.6. The quantitative estimate of drug-likeness (QED) is 0.380. The molecule has 0 aromatic carbocycles. The van der Waals surface area contributed by atoms with Gasteiger partial charge in [0.1, 0.15) is 6.33 Å². The number of nitro groups is 1. The molecule has 1 heterocycles. The zero-order valence-corrected chi connectivity index (χ0v) is 12.5. The molecule has 1 N–H and O–H groups in total. The molecule has 0 bridgehead atoms. The minimum atomic E-state index is -0.522. The lowest BCUT2D eigenvalue weighted by molar-refractivity contribution is -0.385. The summed E-state index contributed by atoms with van der Waals surface area (Å²) in [5.74, 6) is 0.189. The predicted molar refractivity (Wildman–Crippen MR) is 78.7 cm³/mol. The fourth-order valence-electron chi connectivity index (χ4n) is 1.60. The maximum absolute atomic E-state index is 11.2. The summed E-state index contributed by atoms with van der Waals surface area (Å²) in [5, 5.41) is 14.1. The molecule has 0 atom stereocenters. The van der Waals surface area contributed by atoms with Gasteiger partial charge in [-0.25, -0.2) is 4.98 Å². The molecule has 0 aliphatic carbocycles. The van der Waals surface area contributed by atoms with E-state index in [2.05, 4.69) is 15.3 Å². The Morgan fingerprint density at radius 3 is 2.76 bits per heavy atom. The van der Waals surface area contributed by atoms with Gasteiger partial charge < -0.3 is 14.8 Å². The molecule has 0 saturated heterocycles. The molecule has 0 spiro atoms. The van der Waals surface area contributed by atoms with Gasteiger partial charge in [0.25, 0.3) is 5.88 Å². The van der Waals surface area contributed by atoms with Crippen LogP contribution in [0.1, 0.15) is 33.1 Å². The van der Waals surface area contributed by atoms with Crippen molar-refractivity contribution in [3.63, 3.8) is 0 Å². The molecule has 118 valence electrons. The van der Waals surface area contributed by atoms with E-state index < -0.39 is 4.92 Å². The Hall–Kier alpha value is -1.96. The fourth-order valence-corrected chi connectivity index (χ4v) is 1.60. The second-order valence-corrected chi connectivity index (χ2v) is 4.31. The van der Waals surface area contributed by atoms with Crippen LogP contribution in [-0.4, -0.2) is 41.3 Å². The zero-order chi connectivity index (χ0) is 15.5. The van der Waals surface area contributed by atoms with Crippen LogP contribution in [0, 0.1) is 10.1 Å². The van der Waals surface area contributed by atoms with Crippen LogP contribution in [0.2, 0.25) is 0 Å². The van der Waals surface area contributed by atoms with Crippen LogP contribution in [0.3, 0.4) is 0 Å². The van der Waals surface area contributed by atoms with Crippen LogP contribution in [0.4, 0.5) is 11.5 Å². The smallest absolute Gasteiger partial charge is 0.372 e. The lowest BCUT2D eigenvalue weighted by atomic mass is 10.3. The van der Waals surface area contributed by atoms with Crippen molar-refractivity contribution in [3.05, 3.63) is 16.4 Å². The summed E-state index contributed by atoms with van der Waals surface area (Å²) in [6, 6.07) is 0. The van der Waals surface area contributed by atoms with Gasteiger partial charge in [0.15, 0.2) is 0 Å². The number of unbranched alkanes of at least 4 members (excludes halogenated alkanes) is 1. The molecule has 0 unspecified atom stereocenters. The molecule has 21 heavy (non-hydrogen) atoms. The van der Waals surface area contributed by atoms with E-state index in [1.807, 2.05) is 13.8 Å². The van der Waals surface area contributed by atoms with E-state index in [0.29, 0.717) is 26.4 Å². The maximum atomic E-state index is 11.2. The van der Waals surface area contributed by atoms with Crippen LogP contribution in [-0.2, 0) is 4.74 Å². The molecule has 1 rings (SSSR count). The first kappa shape index (κ1) is 17.1. The van der Waals surface area contributed by atoms with Crippen LogP contribution in [0.5, 0.6) is 5.88 Å². The van der Waals surface area contributed by atoms with Gasteiger partial charge in [-0.15, -0.1) is 0 Å². The molecule has 0 amide bonds. The molecule has 0 radical (unpaired) electrons. The van der Waals surface area contributed by atoms with Gasteiger partial charge in [-0.05, 0) is 19.8 Å². The predicted octanol–water partition coefficient (Wildman–Crippen LogP) is 2.40. The highest BCUT2D eigenvalue weighted by Crippen LogP contribution is 2.30. The van der Waals surface area contributed by atoms with Gasteiger partial charge in [0.05, 0.1) is 11.5 Å². The fraction of sp³-hybridized carbons (Fsp3) is 0.692. The minimum Gasteiger partial charge on any atom is -0.473 e. The topological polar surface area (TPSA) is 99.4 Å². The summed E-state index contributed by atoms with van der Waals surface area (Å²) < 4.78 is 10.6. The summed E-state index contributed by atoms with van der Waals surface area (Å²) in [4.78, 5) is 18.4. The summed E-state index contributed by atoms with van der Waals surface area (Å²) in [6.07, 6.45) is 3.76. The molecular formula is C13H22N4O4. The van der Waals surface area contributed by atoms with Crippen molar-refractivity contribution in [2.75, 3.05) is 31.7 Å². The average molecular weight is 298 g/mol. The van der Waals surface area contributed by atoms with Crippen molar-refractivity contribution < 1.29 is 14.4 Å². The number of ether oxygens (including phenoxy) is 2. The first-order valence-electron chi connectivity index (χ1n) is 7.14. The minimum absolute atomic E-state index is 0.00996. The summed E-state index contributed by atoms with van der Waals surface area (Å²) in [6.45, 7) is 6.13. The third kappa shape index (κ3) is 5.90. The Labute approximate surface area is 124 Å². The van der Waals surface area contributed by atoms with Crippen molar-refractivity contribution in [1.82, 2.24) is 9.97 Å². The lowest BCUT2D eigenvalue weighted by Gasteiger charge is -2.09. The standard InChI is InChI=1S/C13H22N4O4/c1-3-5-9-21-13-11(17(18)19)12(15-10-16-13)14-7-6-8-20-4-2/h10H,3-9H2,1-2H3,(H,14,15,16). The van der Waals surface area contributed by atoms with Gasteiger partial charge in [-0.1, -0.05) is 13.3 Å². The van der Waals surface area contributed by atoms with E-state index in [0.717, 1.165) is 19.3 Å². The Kier molecular flexibility index (Phi) is 8.03. The second kappa shape index (κ2) is 9.87. The van der Waals surface area contributed by atoms with Crippen LogP contribution in [0.15, 0.2) is 6.33 Å². The molecule has 0 fully saturated rings. The normalized spacial score (nSPS) is 10.4. The number of hydrogen-bond acceptors (Lipinski definition) is 7. The first-order chi connectivity index (χ1) is 10.2. The average Bonchev–Trinajstić information content (AvgIpc) is 2.47. The van der Waals surface area contributed by atoms with E-state index in [1.165, 1.54) is 6.33 Å². The van der Waals surface area contributed by atoms with E-state index in [4.69, 9.17) is 9.47 Å². The van der Waals surface area contributed by atoms with E-state index in [-0.39, 0.29) is 17.4 Å². The van der Waals surface area contributed by atoms with Gasteiger partial charge in [0, 0.05) is 19.8 Å². The molecule has 0 aliphatic rings. The highest BCUT2D eigenvalue weighted by molar-refractivity contribution is 5.61. The lowest BCUT2D eigenvalue weighted by Crippen LogP contribution is -2.11. The molecule has 0 aliphatic heterocycles. The zero-order valence-electron chi connectivity index (χ0n) is 12.5. The van der Waals surface area contributed by atoms with E-state index in [9.17, 15) is 10.1 Å². The summed E-state index contributed by atoms with van der Waals surface area (Å²) in [5.41, 5.74) is -0.218. The molecule has 1 aromatic rings. The van der Waals surface area contributed by atoms with Gasteiger partial charge in [-0.2, -0.15) is 4.98 Å². The van der Waals surface area contributed by atoms with Crippen molar-refractivity contribution in [2.24, 2.45) is 0 Å². The monoisotopic (exact) mass is 298 g/mol. The van der Waals surface area contributed by atoms with E-state index in [1.54, 1.807) is 0 Å². The van der Waals surface area contributed by atoms with Gasteiger partial charge >= 0.3 is 5.69 Å². The van der Waals surface area contributed by atoms with Crippen molar-refractivity contribution >= 4 is 11.5 Å². The number of nitrogens with zero attached hydrogens (tertiary/aromatic N) is 3. The SMILES string of the molecule is CCCCOc1ncnc(NCCCOCC)c1[N+](=O)[O-]. The largest absolute Gasteiger partial charge is 0.473 e. The first-order valence-corrected chi connectivity index (χ1v) is 7.14. The van der Waals surface area contributed by atoms with Crippen molar-refractivity contribution in [3.8, 4) is 5.88 Å². The third-order valence-electron chi connectivity index (χ3n) is 2.67. The number of nitrogens with one attached hydrogen (secondary N) is 1. The Bertz CT molecular complexity index is 442. The number of aromatic nitrogens is 2. The van der Waals surface area contributed by atoms with Gasteiger partial charge in [0.2, 0.25) is 5.82 Å². The molecule has 8 heteroatoms. The highest BCUT2D eigenvalue weighted by Gasteiger charge is 2.24. The molecule has 8 nitrogen and oxygen atoms in total. The molecular weight excluding hydrogens is 276 g/mol. The van der Waals surface area contributed by atoms with Crippen LogP contribution >= 0.6 is 0 Å². The summed E-state index contributed by atoms with van der Waals surface area (Å²) in [7, 11) is 0. The Morgan fingerprint density at radius 1 is 1.29 bits per heavy atom. The van der Waals surface area contributed by atoms with Crippen LogP contribution < -0.4 is 10.1 Å². The Balaban J connectivity index is 2.68.